The lowest BCUT2D eigenvalue weighted by Gasteiger charge is -2.60. The number of alkyl halides is 6. The zero-order chi connectivity index (χ0) is 27.8. The van der Waals surface area contributed by atoms with Crippen LogP contribution < -0.4 is 0 Å². The van der Waals surface area contributed by atoms with E-state index in [0.717, 1.165) is 57.8 Å². The highest BCUT2D eigenvalue weighted by Gasteiger charge is 2.76. The molecule has 0 aromatic heterocycles. The van der Waals surface area contributed by atoms with Gasteiger partial charge in [-0.15, -0.1) is 0 Å². The summed E-state index contributed by atoms with van der Waals surface area (Å²) in [5.41, 5.74) is -4.19. The summed E-state index contributed by atoms with van der Waals surface area (Å²) in [6.45, 7) is 8.63. The fourth-order valence-electron chi connectivity index (χ4n) is 11.5. The van der Waals surface area contributed by atoms with Gasteiger partial charge in [-0.05, 0) is 142 Å². The van der Waals surface area contributed by atoms with Crippen LogP contribution in [0.25, 0.3) is 0 Å². The number of halogens is 6. The molecule has 6 heteroatoms. The van der Waals surface area contributed by atoms with Crippen molar-refractivity contribution in [1.82, 2.24) is 0 Å². The van der Waals surface area contributed by atoms with Gasteiger partial charge in [-0.25, -0.2) is 0 Å². The highest BCUT2D eigenvalue weighted by molar-refractivity contribution is 5.09. The van der Waals surface area contributed by atoms with E-state index in [1.807, 2.05) is 0 Å². The first-order valence-corrected chi connectivity index (χ1v) is 15.6. The van der Waals surface area contributed by atoms with Crippen LogP contribution in [0.3, 0.4) is 0 Å². The minimum Gasteiger partial charge on any atom is -0.170 e. The standard InChI is InChI=1S/C32H50F6/c1-26-13-6-14-27(2,20-26)16-10-22(9-15-26)30(31(33,34)35,32(36,37)38)23-11-17-28(3)21-29(4,18-12-23)25-8-5-7-24(28)19-25/h22-25H,5-21H2,1-4H3. The Morgan fingerprint density at radius 3 is 1.34 bits per heavy atom. The molecular formula is C32H50F6. The molecule has 38 heavy (non-hydrogen) atoms. The predicted octanol–water partition coefficient (Wildman–Crippen LogP) is 11.3. The average molecular weight is 549 g/mol. The summed E-state index contributed by atoms with van der Waals surface area (Å²) in [5.74, 6) is -1.88. The van der Waals surface area contributed by atoms with Crippen LogP contribution in [0, 0.1) is 50.7 Å². The highest BCUT2D eigenvalue weighted by atomic mass is 19.4. The molecule has 6 unspecified atom stereocenters. The lowest BCUT2D eigenvalue weighted by molar-refractivity contribution is -0.382. The van der Waals surface area contributed by atoms with Crippen molar-refractivity contribution < 1.29 is 26.3 Å². The smallest absolute Gasteiger partial charge is 0.170 e. The van der Waals surface area contributed by atoms with Gasteiger partial charge in [0.05, 0.1) is 0 Å². The first-order valence-electron chi connectivity index (χ1n) is 15.6. The summed E-state index contributed by atoms with van der Waals surface area (Å²) >= 11 is 0. The molecule has 0 aromatic carbocycles. The topological polar surface area (TPSA) is 0 Å². The van der Waals surface area contributed by atoms with E-state index in [2.05, 4.69) is 27.7 Å². The summed E-state index contributed by atoms with van der Waals surface area (Å²) in [6, 6.07) is 0. The largest absolute Gasteiger partial charge is 0.403 e. The Bertz CT molecular complexity index is 816. The van der Waals surface area contributed by atoms with Gasteiger partial charge in [0.25, 0.3) is 0 Å². The normalized spacial score (nSPS) is 46.9. The monoisotopic (exact) mass is 548 g/mol. The average Bonchev–Trinajstić information content (AvgIpc) is 2.78. The Labute approximate surface area is 226 Å². The van der Waals surface area contributed by atoms with Crippen molar-refractivity contribution in [2.75, 3.05) is 0 Å². The maximum Gasteiger partial charge on any atom is 0.403 e. The number of rotatable bonds is 2. The second kappa shape index (κ2) is 9.30. The van der Waals surface area contributed by atoms with Crippen LogP contribution >= 0.6 is 0 Å². The molecule has 5 aliphatic rings. The molecule has 5 saturated carbocycles. The Balaban J connectivity index is 1.55. The minimum atomic E-state index is -5.30. The van der Waals surface area contributed by atoms with Crippen LogP contribution in [-0.2, 0) is 0 Å². The minimum absolute atomic E-state index is 0.0435. The maximum absolute atomic E-state index is 15.4. The third kappa shape index (κ3) is 4.66. The Morgan fingerprint density at radius 1 is 0.500 bits per heavy atom. The second-order valence-electron chi connectivity index (χ2n) is 16.1. The molecule has 0 radical (unpaired) electrons. The fraction of sp³-hybridized carbons (Fsp3) is 1.00. The Morgan fingerprint density at radius 2 is 0.921 bits per heavy atom. The zero-order valence-corrected chi connectivity index (χ0v) is 24.1. The molecule has 0 heterocycles. The molecule has 5 rings (SSSR count). The van der Waals surface area contributed by atoms with E-state index < -0.39 is 29.6 Å². The molecule has 0 aromatic rings. The van der Waals surface area contributed by atoms with Crippen molar-refractivity contribution >= 4 is 0 Å². The predicted molar refractivity (Wildman–Crippen MR) is 139 cm³/mol. The summed E-state index contributed by atoms with van der Waals surface area (Å²) in [7, 11) is 0. The third-order valence-electron chi connectivity index (χ3n) is 13.4. The first-order chi connectivity index (χ1) is 17.5. The van der Waals surface area contributed by atoms with Gasteiger partial charge in [0.15, 0.2) is 5.41 Å². The van der Waals surface area contributed by atoms with E-state index in [1.165, 1.54) is 0 Å². The number of hydrogen-bond donors (Lipinski definition) is 0. The van der Waals surface area contributed by atoms with Gasteiger partial charge in [0, 0.05) is 0 Å². The van der Waals surface area contributed by atoms with Crippen LogP contribution in [0.4, 0.5) is 26.3 Å². The molecule has 220 valence electrons. The zero-order valence-electron chi connectivity index (χ0n) is 24.1. The van der Waals surface area contributed by atoms with E-state index in [4.69, 9.17) is 0 Å². The molecule has 0 nitrogen and oxygen atoms in total. The maximum atomic E-state index is 15.4. The SMILES string of the molecule is CC12CCCC(C)(CCC(C(C3CCC4(C)CC(C)(CC3)C3CCCC4C3)(C(F)(F)F)C(F)(F)F)CC1)C2. The van der Waals surface area contributed by atoms with Gasteiger partial charge in [0.1, 0.15) is 0 Å². The fourth-order valence-corrected chi connectivity index (χ4v) is 11.5. The lowest BCUT2D eigenvalue weighted by Crippen LogP contribution is -2.61. The molecule has 5 fully saturated rings. The molecule has 0 aliphatic heterocycles. The quantitative estimate of drug-likeness (QED) is 0.301. The summed E-state index contributed by atoms with van der Waals surface area (Å²) in [6.07, 6.45) is 0.741. The van der Waals surface area contributed by atoms with E-state index in [-0.39, 0.29) is 47.3 Å². The molecule has 0 spiro atoms. The van der Waals surface area contributed by atoms with Crippen molar-refractivity contribution in [3.63, 3.8) is 0 Å². The van der Waals surface area contributed by atoms with Gasteiger partial charge < -0.3 is 0 Å². The Hall–Kier alpha value is -0.420. The molecule has 5 aliphatic carbocycles. The van der Waals surface area contributed by atoms with Crippen molar-refractivity contribution in [2.24, 2.45) is 50.7 Å². The molecule has 0 amide bonds. The summed E-state index contributed by atoms with van der Waals surface area (Å²) in [5, 5.41) is 0. The van der Waals surface area contributed by atoms with E-state index in [0.29, 0.717) is 37.5 Å². The van der Waals surface area contributed by atoms with Crippen LogP contribution in [0.5, 0.6) is 0 Å². The van der Waals surface area contributed by atoms with Crippen LogP contribution in [-0.4, -0.2) is 12.4 Å². The number of fused-ring (bicyclic) bond motifs is 8. The van der Waals surface area contributed by atoms with Crippen LogP contribution in [0.1, 0.15) is 137 Å². The molecule has 0 saturated heterocycles. The highest BCUT2D eigenvalue weighted by Crippen LogP contribution is 2.69. The van der Waals surface area contributed by atoms with E-state index >= 15 is 26.3 Å². The third-order valence-corrected chi connectivity index (χ3v) is 13.4. The van der Waals surface area contributed by atoms with Crippen LogP contribution in [0.2, 0.25) is 0 Å². The molecule has 6 bridgehead atoms. The number of hydrogen-bond acceptors (Lipinski definition) is 0. The van der Waals surface area contributed by atoms with E-state index in [1.54, 1.807) is 0 Å². The van der Waals surface area contributed by atoms with Gasteiger partial charge in [-0.2, -0.15) is 26.3 Å². The Kier molecular flexibility index (Phi) is 7.12. The van der Waals surface area contributed by atoms with Crippen molar-refractivity contribution in [3.8, 4) is 0 Å². The lowest BCUT2D eigenvalue weighted by atomic mass is 9.45. The van der Waals surface area contributed by atoms with Crippen molar-refractivity contribution in [3.05, 3.63) is 0 Å². The van der Waals surface area contributed by atoms with Crippen molar-refractivity contribution in [1.29, 1.82) is 0 Å². The molecular weight excluding hydrogens is 498 g/mol. The van der Waals surface area contributed by atoms with Gasteiger partial charge in [-0.3, -0.25) is 0 Å². The molecule has 0 N–H and O–H groups in total. The van der Waals surface area contributed by atoms with E-state index in [9.17, 15) is 0 Å². The van der Waals surface area contributed by atoms with Gasteiger partial charge in [0.2, 0.25) is 0 Å². The van der Waals surface area contributed by atoms with Crippen LogP contribution in [0.15, 0.2) is 0 Å². The van der Waals surface area contributed by atoms with Crippen molar-refractivity contribution in [2.45, 2.75) is 149 Å². The summed E-state index contributed by atoms with van der Waals surface area (Å²) in [4.78, 5) is 0. The second-order valence-corrected chi connectivity index (χ2v) is 16.1. The first kappa shape index (κ1) is 29.1. The van der Waals surface area contributed by atoms with Gasteiger partial charge in [-0.1, -0.05) is 40.5 Å². The summed E-state index contributed by atoms with van der Waals surface area (Å²) < 4.78 is 92.3. The van der Waals surface area contributed by atoms with Gasteiger partial charge >= 0.3 is 12.4 Å². The molecule has 6 atom stereocenters.